The fourth-order valence-electron chi connectivity index (χ4n) is 2.90. The molecule has 2 aliphatic heterocycles. The lowest BCUT2D eigenvalue weighted by atomic mass is 9.90. The second-order valence-electron chi connectivity index (χ2n) is 5.62. The Bertz CT molecular complexity index is 645. The van der Waals surface area contributed by atoms with E-state index in [4.69, 9.17) is 9.84 Å². The molecule has 1 fully saturated rings. The van der Waals surface area contributed by atoms with Crippen LogP contribution in [-0.4, -0.2) is 46.5 Å². The van der Waals surface area contributed by atoms with Crippen LogP contribution in [0.5, 0.6) is 0 Å². The topological polar surface area (TPSA) is 83.9 Å². The molecule has 0 atom stereocenters. The van der Waals surface area contributed by atoms with Gasteiger partial charge >= 0.3 is 5.97 Å². The summed E-state index contributed by atoms with van der Waals surface area (Å²) >= 11 is 0. The molecule has 1 aromatic rings. The number of nitrogens with zero attached hydrogens (tertiary/aromatic N) is 1. The number of rotatable bonds is 2. The average Bonchev–Trinajstić information content (AvgIpc) is 2.71. The highest BCUT2D eigenvalue weighted by Crippen LogP contribution is 2.35. The molecule has 0 unspecified atom stereocenters. The second kappa shape index (κ2) is 4.66. The largest absolute Gasteiger partial charge is 0.478 e. The van der Waals surface area contributed by atoms with E-state index < -0.39 is 17.4 Å². The van der Waals surface area contributed by atoms with Crippen molar-refractivity contribution in [3.8, 4) is 0 Å². The van der Waals surface area contributed by atoms with Gasteiger partial charge in [-0.15, -0.1) is 0 Å². The third-order valence-corrected chi connectivity index (χ3v) is 4.24. The summed E-state index contributed by atoms with van der Waals surface area (Å²) in [6.45, 7) is 2.88. The van der Waals surface area contributed by atoms with Gasteiger partial charge in [-0.05, 0) is 38.0 Å². The Morgan fingerprint density at radius 1 is 1.19 bits per heavy atom. The molecule has 2 heterocycles. The van der Waals surface area contributed by atoms with Crippen molar-refractivity contribution in [1.82, 2.24) is 4.90 Å². The first-order chi connectivity index (χ1) is 9.94. The monoisotopic (exact) mass is 289 g/mol. The Morgan fingerprint density at radius 3 is 2.43 bits per heavy atom. The van der Waals surface area contributed by atoms with Crippen LogP contribution in [-0.2, 0) is 4.74 Å². The van der Waals surface area contributed by atoms with E-state index in [0.29, 0.717) is 26.1 Å². The Labute approximate surface area is 121 Å². The molecular formula is C15H15NO5. The summed E-state index contributed by atoms with van der Waals surface area (Å²) in [6.07, 6.45) is 1.18. The lowest BCUT2D eigenvalue weighted by molar-refractivity contribution is -0.00391. The molecule has 0 bridgehead atoms. The van der Waals surface area contributed by atoms with Gasteiger partial charge in [0.1, 0.15) is 0 Å². The fraction of sp³-hybridized carbons (Fsp3) is 0.400. The number of hydrogen-bond donors (Lipinski definition) is 1. The molecule has 2 aliphatic rings. The highest BCUT2D eigenvalue weighted by molar-refractivity contribution is 6.22. The van der Waals surface area contributed by atoms with Gasteiger partial charge in [-0.25, -0.2) is 4.79 Å². The molecule has 0 aromatic heterocycles. The maximum atomic E-state index is 12.6. The lowest BCUT2D eigenvalue weighted by Gasteiger charge is -2.40. The van der Waals surface area contributed by atoms with Gasteiger partial charge in [0.25, 0.3) is 11.8 Å². The number of ether oxygens (including phenoxy) is 1. The Balaban J connectivity index is 2.02. The van der Waals surface area contributed by atoms with E-state index in [1.807, 2.05) is 6.92 Å². The third kappa shape index (κ3) is 2.03. The van der Waals surface area contributed by atoms with Crippen LogP contribution in [0.4, 0.5) is 0 Å². The van der Waals surface area contributed by atoms with Crippen molar-refractivity contribution < 1.29 is 24.2 Å². The minimum atomic E-state index is -1.12. The molecule has 3 rings (SSSR count). The maximum absolute atomic E-state index is 12.6. The predicted molar refractivity (Wildman–Crippen MR) is 72.4 cm³/mol. The van der Waals surface area contributed by atoms with Crippen LogP contribution in [0.2, 0.25) is 0 Å². The van der Waals surface area contributed by atoms with Crippen molar-refractivity contribution in [1.29, 1.82) is 0 Å². The van der Waals surface area contributed by atoms with E-state index in [2.05, 4.69) is 0 Å². The van der Waals surface area contributed by atoms with Crippen molar-refractivity contribution in [2.45, 2.75) is 25.3 Å². The van der Waals surface area contributed by atoms with E-state index in [0.717, 1.165) is 0 Å². The molecule has 2 amide bonds. The van der Waals surface area contributed by atoms with E-state index >= 15 is 0 Å². The van der Waals surface area contributed by atoms with Crippen LogP contribution in [0.15, 0.2) is 18.2 Å². The number of carbonyl (C=O) groups is 3. The highest BCUT2D eigenvalue weighted by Gasteiger charge is 2.47. The summed E-state index contributed by atoms with van der Waals surface area (Å²) in [7, 11) is 0. The molecule has 0 saturated carbocycles. The molecule has 0 aliphatic carbocycles. The third-order valence-electron chi connectivity index (χ3n) is 4.24. The SMILES string of the molecule is CC1(N2C(=O)c3ccc(C(=O)O)cc3C2=O)CCOCC1. The van der Waals surface area contributed by atoms with Gasteiger partial charge in [-0.1, -0.05) is 0 Å². The van der Waals surface area contributed by atoms with Crippen molar-refractivity contribution in [3.63, 3.8) is 0 Å². The summed E-state index contributed by atoms with van der Waals surface area (Å²) in [6, 6.07) is 4.05. The molecule has 0 spiro atoms. The van der Waals surface area contributed by atoms with Crippen LogP contribution in [0.3, 0.4) is 0 Å². The van der Waals surface area contributed by atoms with Crippen LogP contribution >= 0.6 is 0 Å². The fourth-order valence-corrected chi connectivity index (χ4v) is 2.90. The van der Waals surface area contributed by atoms with Crippen LogP contribution in [0.1, 0.15) is 50.8 Å². The predicted octanol–water partition coefficient (Wildman–Crippen LogP) is 1.55. The first-order valence-corrected chi connectivity index (χ1v) is 6.78. The smallest absolute Gasteiger partial charge is 0.335 e. The zero-order valence-corrected chi connectivity index (χ0v) is 11.6. The highest BCUT2D eigenvalue weighted by atomic mass is 16.5. The molecule has 1 saturated heterocycles. The van der Waals surface area contributed by atoms with Crippen molar-refractivity contribution in [3.05, 3.63) is 34.9 Å². The molecule has 1 N–H and O–H groups in total. The number of imide groups is 1. The summed E-state index contributed by atoms with van der Waals surface area (Å²) in [4.78, 5) is 37.3. The van der Waals surface area contributed by atoms with Crippen molar-refractivity contribution in [2.75, 3.05) is 13.2 Å². The second-order valence-corrected chi connectivity index (χ2v) is 5.62. The normalized spacial score (nSPS) is 20.5. The lowest BCUT2D eigenvalue weighted by Crippen LogP contribution is -2.52. The number of carbonyl (C=O) groups excluding carboxylic acids is 2. The summed E-state index contributed by atoms with van der Waals surface area (Å²) in [5.74, 6) is -1.88. The molecule has 6 nitrogen and oxygen atoms in total. The number of carboxylic acid groups (broad SMARTS) is 1. The van der Waals surface area contributed by atoms with Crippen molar-refractivity contribution in [2.24, 2.45) is 0 Å². The average molecular weight is 289 g/mol. The van der Waals surface area contributed by atoms with Gasteiger partial charge in [0, 0.05) is 13.2 Å². The molecular weight excluding hydrogens is 274 g/mol. The molecule has 1 aromatic carbocycles. The summed E-state index contributed by atoms with van der Waals surface area (Å²) < 4.78 is 5.30. The van der Waals surface area contributed by atoms with E-state index in [-0.39, 0.29) is 22.6 Å². The standard InChI is InChI=1S/C15H15NO5/c1-15(4-6-21-7-5-15)16-12(17)10-3-2-9(14(19)20)8-11(10)13(16)18/h2-3,8H,4-7H2,1H3,(H,19,20). The number of amides is 2. The molecule has 6 heteroatoms. The Hall–Kier alpha value is -2.21. The van der Waals surface area contributed by atoms with Crippen LogP contribution < -0.4 is 0 Å². The van der Waals surface area contributed by atoms with Gasteiger partial charge in [-0.2, -0.15) is 0 Å². The van der Waals surface area contributed by atoms with Gasteiger partial charge in [0.15, 0.2) is 0 Å². The van der Waals surface area contributed by atoms with Crippen LogP contribution in [0, 0.1) is 0 Å². The van der Waals surface area contributed by atoms with E-state index in [1.165, 1.54) is 23.1 Å². The minimum absolute atomic E-state index is 0.00822. The summed E-state index contributed by atoms with van der Waals surface area (Å²) in [5.41, 5.74) is -0.117. The van der Waals surface area contributed by atoms with Gasteiger partial charge in [0.05, 0.1) is 22.2 Å². The minimum Gasteiger partial charge on any atom is -0.478 e. The quantitative estimate of drug-likeness (QED) is 0.835. The molecule has 110 valence electrons. The van der Waals surface area contributed by atoms with E-state index in [9.17, 15) is 14.4 Å². The zero-order chi connectivity index (χ0) is 15.2. The van der Waals surface area contributed by atoms with E-state index in [1.54, 1.807) is 0 Å². The number of benzene rings is 1. The first kappa shape index (κ1) is 13.8. The maximum Gasteiger partial charge on any atom is 0.335 e. The Morgan fingerprint density at radius 2 is 1.81 bits per heavy atom. The van der Waals surface area contributed by atoms with Crippen LogP contribution in [0.25, 0.3) is 0 Å². The number of fused-ring (bicyclic) bond motifs is 1. The zero-order valence-electron chi connectivity index (χ0n) is 11.6. The number of hydrogen-bond acceptors (Lipinski definition) is 4. The first-order valence-electron chi connectivity index (χ1n) is 6.78. The number of carboxylic acids is 1. The van der Waals surface area contributed by atoms with Gasteiger partial charge in [0.2, 0.25) is 0 Å². The molecule has 0 radical (unpaired) electrons. The Kier molecular flexibility index (Phi) is 3.06. The van der Waals surface area contributed by atoms with Crippen molar-refractivity contribution >= 4 is 17.8 Å². The summed E-state index contributed by atoms with van der Waals surface area (Å²) in [5, 5.41) is 9.01. The number of aromatic carboxylic acids is 1. The van der Waals surface area contributed by atoms with Gasteiger partial charge < -0.3 is 9.84 Å². The van der Waals surface area contributed by atoms with Gasteiger partial charge in [-0.3, -0.25) is 14.5 Å². The molecule has 21 heavy (non-hydrogen) atoms.